The first-order valence-corrected chi connectivity index (χ1v) is 9.34. The third kappa shape index (κ3) is 6.58. The van der Waals surface area contributed by atoms with Crippen LogP contribution in [0.1, 0.15) is 25.8 Å². The minimum atomic E-state index is -0.503. The van der Waals surface area contributed by atoms with Crippen molar-refractivity contribution < 1.29 is 19.0 Å². The number of ether oxygens (including phenoxy) is 3. The van der Waals surface area contributed by atoms with E-state index in [2.05, 4.69) is 19.2 Å². The summed E-state index contributed by atoms with van der Waals surface area (Å²) in [6.45, 7) is 4.95. The smallest absolute Gasteiger partial charge is 0.266 e. The second-order valence-electron chi connectivity index (χ2n) is 6.79. The van der Waals surface area contributed by atoms with Gasteiger partial charge in [0.05, 0.1) is 20.8 Å². The normalized spacial score (nSPS) is 11.0. The first-order chi connectivity index (χ1) is 14.0. The molecule has 0 fully saturated rings. The number of rotatable bonds is 9. The number of benzene rings is 2. The van der Waals surface area contributed by atoms with Gasteiger partial charge in [0.2, 0.25) is 0 Å². The number of amides is 1. The van der Waals surface area contributed by atoms with Crippen molar-refractivity contribution in [2.75, 3.05) is 26.1 Å². The van der Waals surface area contributed by atoms with Crippen LogP contribution >= 0.6 is 0 Å². The molecule has 0 unspecified atom stereocenters. The molecule has 1 amide bonds. The molecule has 152 valence electrons. The van der Waals surface area contributed by atoms with E-state index in [4.69, 9.17) is 14.2 Å². The molecule has 2 rings (SSSR count). The Morgan fingerprint density at radius 3 is 2.38 bits per heavy atom. The molecular weight excluding hydrogens is 368 g/mol. The number of hydrogen-bond acceptors (Lipinski definition) is 5. The van der Waals surface area contributed by atoms with Crippen LogP contribution in [0.25, 0.3) is 6.08 Å². The molecule has 0 saturated heterocycles. The summed E-state index contributed by atoms with van der Waals surface area (Å²) < 4.78 is 16.1. The second-order valence-corrected chi connectivity index (χ2v) is 6.79. The van der Waals surface area contributed by atoms with Gasteiger partial charge in [-0.15, -0.1) is 0 Å². The van der Waals surface area contributed by atoms with Crippen molar-refractivity contribution in [1.82, 2.24) is 0 Å². The molecule has 0 saturated carbocycles. The molecule has 0 aliphatic heterocycles. The molecule has 6 heteroatoms. The van der Waals surface area contributed by atoms with Crippen LogP contribution in [0, 0.1) is 17.2 Å². The van der Waals surface area contributed by atoms with E-state index in [9.17, 15) is 10.1 Å². The highest BCUT2D eigenvalue weighted by Gasteiger charge is 2.12. The average molecular weight is 394 g/mol. The van der Waals surface area contributed by atoms with Crippen LogP contribution < -0.4 is 19.5 Å². The predicted molar refractivity (Wildman–Crippen MR) is 113 cm³/mol. The van der Waals surface area contributed by atoms with E-state index in [-0.39, 0.29) is 5.57 Å². The van der Waals surface area contributed by atoms with E-state index < -0.39 is 5.91 Å². The fraction of sp³-hybridized carbons (Fsp3) is 0.304. The van der Waals surface area contributed by atoms with Crippen molar-refractivity contribution in [1.29, 1.82) is 5.26 Å². The topological polar surface area (TPSA) is 80.6 Å². The molecule has 0 radical (unpaired) electrons. The average Bonchev–Trinajstić information content (AvgIpc) is 2.72. The lowest BCUT2D eigenvalue weighted by molar-refractivity contribution is -0.112. The lowest BCUT2D eigenvalue weighted by atomic mass is 10.1. The summed E-state index contributed by atoms with van der Waals surface area (Å²) in [4.78, 5) is 12.5. The number of anilines is 1. The van der Waals surface area contributed by atoms with Crippen molar-refractivity contribution in [2.45, 2.75) is 20.3 Å². The Balaban J connectivity index is 2.07. The third-order valence-corrected chi connectivity index (χ3v) is 4.16. The lowest BCUT2D eigenvalue weighted by Gasteiger charge is -2.10. The van der Waals surface area contributed by atoms with E-state index in [0.717, 1.165) is 17.7 Å². The highest BCUT2D eigenvalue weighted by atomic mass is 16.5. The molecular formula is C23H26N2O4. The van der Waals surface area contributed by atoms with Crippen LogP contribution in [0.2, 0.25) is 0 Å². The number of nitrogens with zero attached hydrogens (tertiary/aromatic N) is 1. The molecule has 0 aromatic heterocycles. The Hall–Kier alpha value is -3.46. The molecule has 0 spiro atoms. The van der Waals surface area contributed by atoms with Crippen molar-refractivity contribution in [2.24, 2.45) is 5.92 Å². The Kier molecular flexibility index (Phi) is 8.11. The summed E-state index contributed by atoms with van der Waals surface area (Å²) in [6, 6.07) is 14.2. The maximum Gasteiger partial charge on any atom is 0.266 e. The zero-order chi connectivity index (χ0) is 21.2. The van der Waals surface area contributed by atoms with Crippen LogP contribution in [-0.4, -0.2) is 26.7 Å². The largest absolute Gasteiger partial charge is 0.494 e. The molecule has 0 bridgehead atoms. The summed E-state index contributed by atoms with van der Waals surface area (Å²) in [6.07, 6.45) is 2.52. The SMILES string of the molecule is COc1ccc(NC(=O)/C(C#N)=C/c2ccc(OCCC(C)C)cc2)cc1OC. The van der Waals surface area contributed by atoms with Crippen molar-refractivity contribution in [3.05, 3.63) is 53.6 Å². The zero-order valence-electron chi connectivity index (χ0n) is 17.2. The summed E-state index contributed by atoms with van der Waals surface area (Å²) in [5.41, 5.74) is 1.23. The van der Waals surface area contributed by atoms with E-state index in [0.29, 0.717) is 29.7 Å². The van der Waals surface area contributed by atoms with Crippen molar-refractivity contribution in [3.63, 3.8) is 0 Å². The second kappa shape index (κ2) is 10.8. The fourth-order valence-corrected chi connectivity index (χ4v) is 2.50. The minimum absolute atomic E-state index is 0.00624. The molecule has 29 heavy (non-hydrogen) atoms. The van der Waals surface area contributed by atoms with Gasteiger partial charge in [-0.25, -0.2) is 0 Å². The number of carbonyl (C=O) groups excluding carboxylic acids is 1. The van der Waals surface area contributed by atoms with Crippen LogP contribution in [0.5, 0.6) is 17.2 Å². The van der Waals surface area contributed by atoms with Gasteiger partial charge in [-0.2, -0.15) is 5.26 Å². The Bertz CT molecular complexity index is 896. The third-order valence-electron chi connectivity index (χ3n) is 4.16. The van der Waals surface area contributed by atoms with Crippen LogP contribution in [0.4, 0.5) is 5.69 Å². The molecule has 6 nitrogen and oxygen atoms in total. The van der Waals surface area contributed by atoms with E-state index in [1.165, 1.54) is 20.3 Å². The van der Waals surface area contributed by atoms with Gasteiger partial charge in [0.25, 0.3) is 5.91 Å². The monoisotopic (exact) mass is 394 g/mol. The zero-order valence-corrected chi connectivity index (χ0v) is 17.2. The van der Waals surface area contributed by atoms with Crippen molar-refractivity contribution in [3.8, 4) is 23.3 Å². The van der Waals surface area contributed by atoms with Crippen LogP contribution in [0.3, 0.4) is 0 Å². The highest BCUT2D eigenvalue weighted by molar-refractivity contribution is 6.09. The summed E-state index contributed by atoms with van der Waals surface area (Å²) in [5, 5.41) is 12.1. The predicted octanol–water partition coefficient (Wildman–Crippen LogP) is 4.67. The Morgan fingerprint density at radius 1 is 1.10 bits per heavy atom. The molecule has 2 aromatic rings. The number of hydrogen-bond donors (Lipinski definition) is 1. The van der Waals surface area contributed by atoms with Gasteiger partial charge in [-0.3, -0.25) is 4.79 Å². The van der Waals surface area contributed by atoms with Gasteiger partial charge >= 0.3 is 0 Å². The number of methoxy groups -OCH3 is 2. The van der Waals surface area contributed by atoms with Gasteiger partial charge in [-0.05, 0) is 48.2 Å². The first kappa shape index (κ1) is 21.8. The van der Waals surface area contributed by atoms with E-state index >= 15 is 0 Å². The quantitative estimate of drug-likeness (QED) is 0.494. The Labute approximate surface area is 171 Å². The lowest BCUT2D eigenvalue weighted by Crippen LogP contribution is -2.13. The highest BCUT2D eigenvalue weighted by Crippen LogP contribution is 2.30. The summed E-state index contributed by atoms with van der Waals surface area (Å²) in [7, 11) is 3.05. The fourth-order valence-electron chi connectivity index (χ4n) is 2.50. The Morgan fingerprint density at radius 2 is 1.79 bits per heavy atom. The van der Waals surface area contributed by atoms with Gasteiger partial charge in [0.15, 0.2) is 11.5 Å². The van der Waals surface area contributed by atoms with Gasteiger partial charge in [0.1, 0.15) is 17.4 Å². The standard InChI is InChI=1S/C23H26N2O4/c1-16(2)11-12-29-20-8-5-17(6-9-20)13-18(15-24)23(26)25-19-7-10-21(27-3)22(14-19)28-4/h5-10,13-14,16H,11-12H2,1-4H3,(H,25,26)/b18-13+. The van der Waals surface area contributed by atoms with Gasteiger partial charge < -0.3 is 19.5 Å². The minimum Gasteiger partial charge on any atom is -0.494 e. The van der Waals surface area contributed by atoms with Crippen LogP contribution in [-0.2, 0) is 4.79 Å². The van der Waals surface area contributed by atoms with E-state index in [1.54, 1.807) is 18.2 Å². The molecule has 0 aliphatic rings. The molecule has 2 aromatic carbocycles. The molecule has 0 aliphatic carbocycles. The van der Waals surface area contributed by atoms with E-state index in [1.807, 2.05) is 30.3 Å². The number of nitrogens with one attached hydrogen (secondary N) is 1. The van der Waals surface area contributed by atoms with Crippen molar-refractivity contribution >= 4 is 17.7 Å². The summed E-state index contributed by atoms with van der Waals surface area (Å²) >= 11 is 0. The molecule has 0 heterocycles. The number of carbonyl (C=O) groups is 1. The number of nitriles is 1. The van der Waals surface area contributed by atoms with Crippen LogP contribution in [0.15, 0.2) is 48.0 Å². The maximum atomic E-state index is 12.5. The van der Waals surface area contributed by atoms with Gasteiger partial charge in [-0.1, -0.05) is 26.0 Å². The molecule has 1 N–H and O–H groups in total. The first-order valence-electron chi connectivity index (χ1n) is 9.34. The maximum absolute atomic E-state index is 12.5. The van der Waals surface area contributed by atoms with Gasteiger partial charge in [0, 0.05) is 11.8 Å². The summed E-state index contributed by atoms with van der Waals surface area (Å²) in [5.74, 6) is 1.88. The molecule has 0 atom stereocenters.